The van der Waals surface area contributed by atoms with Crippen LogP contribution in [0.15, 0.2) is 79.0 Å². The first-order valence-corrected chi connectivity index (χ1v) is 9.92. The molecule has 7 nitrogen and oxygen atoms in total. The number of hydrogen-bond acceptors (Lipinski definition) is 4. The van der Waals surface area contributed by atoms with Crippen molar-refractivity contribution in [2.75, 3.05) is 0 Å². The summed E-state index contributed by atoms with van der Waals surface area (Å²) < 4.78 is 15.1. The van der Waals surface area contributed by atoms with Crippen molar-refractivity contribution in [1.29, 1.82) is 0 Å². The first kappa shape index (κ1) is 21.2. The molecule has 1 N–H and O–H groups in total. The van der Waals surface area contributed by atoms with Gasteiger partial charge in [-0.1, -0.05) is 29.8 Å². The van der Waals surface area contributed by atoms with Crippen molar-refractivity contribution in [3.63, 3.8) is 0 Å². The molecule has 3 aromatic carbocycles. The van der Waals surface area contributed by atoms with Crippen molar-refractivity contribution < 1.29 is 14.1 Å². The number of carbonyl (C=O) groups is 1. The molecule has 0 aliphatic rings. The predicted octanol–water partition coefficient (Wildman–Crippen LogP) is 5.17. The molecule has 0 atom stereocenters. The van der Waals surface area contributed by atoms with Crippen molar-refractivity contribution in [2.24, 2.45) is 0 Å². The van der Waals surface area contributed by atoms with Gasteiger partial charge in [0.2, 0.25) is 0 Å². The van der Waals surface area contributed by atoms with Crippen LogP contribution in [0.2, 0.25) is 5.02 Å². The fourth-order valence-electron chi connectivity index (χ4n) is 3.17. The molecule has 0 radical (unpaired) electrons. The van der Waals surface area contributed by atoms with Crippen LogP contribution >= 0.6 is 11.6 Å². The molecule has 4 aromatic rings. The van der Waals surface area contributed by atoms with Gasteiger partial charge in [-0.2, -0.15) is 5.10 Å². The highest BCUT2D eigenvalue weighted by molar-refractivity contribution is 6.33. The SMILES string of the molecule is O=C(NCc1cn(-c2ccccc2)nc1-c1ccc(F)cc1)c1cc([N+](=O)[O-])ccc1Cl. The zero-order chi connectivity index (χ0) is 22.7. The predicted molar refractivity (Wildman–Crippen MR) is 118 cm³/mol. The Bertz CT molecular complexity index is 1290. The van der Waals surface area contributed by atoms with E-state index in [9.17, 15) is 19.3 Å². The minimum atomic E-state index is -0.594. The molecular formula is C23H16ClFN4O3. The normalized spacial score (nSPS) is 10.7. The van der Waals surface area contributed by atoms with Gasteiger partial charge in [0, 0.05) is 36.0 Å². The van der Waals surface area contributed by atoms with Gasteiger partial charge >= 0.3 is 0 Å². The van der Waals surface area contributed by atoms with Crippen molar-refractivity contribution in [2.45, 2.75) is 6.54 Å². The molecule has 0 bridgehead atoms. The molecule has 9 heteroatoms. The molecule has 0 saturated heterocycles. The number of carbonyl (C=O) groups excluding carboxylic acids is 1. The van der Waals surface area contributed by atoms with E-state index in [0.29, 0.717) is 16.8 Å². The third-order valence-electron chi connectivity index (χ3n) is 4.77. The average Bonchev–Trinajstić information content (AvgIpc) is 3.23. The van der Waals surface area contributed by atoms with Gasteiger partial charge < -0.3 is 5.32 Å². The van der Waals surface area contributed by atoms with Gasteiger partial charge in [-0.3, -0.25) is 14.9 Å². The van der Waals surface area contributed by atoms with Crippen molar-refractivity contribution >= 4 is 23.2 Å². The third-order valence-corrected chi connectivity index (χ3v) is 5.10. The van der Waals surface area contributed by atoms with Gasteiger partial charge in [0.05, 0.1) is 26.9 Å². The number of aromatic nitrogens is 2. The van der Waals surface area contributed by atoms with Gasteiger partial charge in [0.1, 0.15) is 5.82 Å². The van der Waals surface area contributed by atoms with Crippen LogP contribution in [0.25, 0.3) is 16.9 Å². The minimum absolute atomic E-state index is 0.000324. The Labute approximate surface area is 187 Å². The van der Waals surface area contributed by atoms with Crippen LogP contribution in [0, 0.1) is 15.9 Å². The molecule has 1 aromatic heterocycles. The molecule has 0 saturated carbocycles. The number of para-hydroxylation sites is 1. The number of amides is 1. The van der Waals surface area contributed by atoms with E-state index in [1.54, 1.807) is 23.0 Å². The summed E-state index contributed by atoms with van der Waals surface area (Å²) in [4.78, 5) is 23.1. The smallest absolute Gasteiger partial charge is 0.270 e. The van der Waals surface area contributed by atoms with Crippen LogP contribution in [-0.4, -0.2) is 20.6 Å². The van der Waals surface area contributed by atoms with E-state index in [-0.39, 0.29) is 28.6 Å². The summed E-state index contributed by atoms with van der Waals surface area (Å²) in [6, 6.07) is 19.0. The summed E-state index contributed by atoms with van der Waals surface area (Å²) in [5.41, 5.74) is 2.51. The van der Waals surface area contributed by atoms with Crippen LogP contribution in [0.3, 0.4) is 0 Å². The Balaban J connectivity index is 1.65. The minimum Gasteiger partial charge on any atom is -0.348 e. The number of nitrogens with zero attached hydrogens (tertiary/aromatic N) is 3. The summed E-state index contributed by atoms with van der Waals surface area (Å²) in [5.74, 6) is -0.928. The lowest BCUT2D eigenvalue weighted by Crippen LogP contribution is -2.23. The molecule has 0 unspecified atom stereocenters. The van der Waals surface area contributed by atoms with Gasteiger partial charge in [-0.15, -0.1) is 0 Å². The molecule has 1 heterocycles. The van der Waals surface area contributed by atoms with Gasteiger partial charge in [-0.05, 0) is 42.5 Å². The zero-order valence-corrected chi connectivity index (χ0v) is 17.3. The van der Waals surface area contributed by atoms with E-state index in [2.05, 4.69) is 10.4 Å². The fourth-order valence-corrected chi connectivity index (χ4v) is 3.38. The van der Waals surface area contributed by atoms with Crippen molar-refractivity contribution in [1.82, 2.24) is 15.1 Å². The van der Waals surface area contributed by atoms with Gasteiger partial charge in [0.25, 0.3) is 11.6 Å². The highest BCUT2D eigenvalue weighted by Gasteiger charge is 2.18. The number of nitro benzene ring substituents is 1. The van der Waals surface area contributed by atoms with E-state index >= 15 is 0 Å². The Morgan fingerprint density at radius 3 is 2.50 bits per heavy atom. The maximum Gasteiger partial charge on any atom is 0.270 e. The standard InChI is InChI=1S/C23H16ClFN4O3/c24-21-11-10-19(29(31)32)12-20(21)23(30)26-13-16-14-28(18-4-2-1-3-5-18)27-22(16)15-6-8-17(25)9-7-15/h1-12,14H,13H2,(H,26,30). The molecular weight excluding hydrogens is 435 g/mol. The van der Waals surface area contributed by atoms with Crippen LogP contribution in [-0.2, 0) is 6.54 Å². The lowest BCUT2D eigenvalue weighted by atomic mass is 10.1. The maximum atomic E-state index is 13.4. The van der Waals surface area contributed by atoms with Gasteiger partial charge in [0.15, 0.2) is 0 Å². The molecule has 4 rings (SSSR count). The first-order chi connectivity index (χ1) is 15.4. The molecule has 160 valence electrons. The Hall–Kier alpha value is -4.04. The molecule has 0 aliphatic heterocycles. The molecule has 0 spiro atoms. The van der Waals surface area contributed by atoms with E-state index in [1.165, 1.54) is 24.3 Å². The number of nitro groups is 1. The Morgan fingerprint density at radius 2 is 1.81 bits per heavy atom. The zero-order valence-electron chi connectivity index (χ0n) is 16.5. The van der Waals surface area contributed by atoms with Crippen molar-refractivity contribution in [3.05, 3.63) is 111 Å². The number of non-ortho nitro benzene ring substituents is 1. The largest absolute Gasteiger partial charge is 0.348 e. The van der Waals surface area contributed by atoms with E-state index in [0.717, 1.165) is 11.8 Å². The van der Waals surface area contributed by atoms with Crippen LogP contribution in [0.1, 0.15) is 15.9 Å². The molecule has 32 heavy (non-hydrogen) atoms. The topological polar surface area (TPSA) is 90.1 Å². The monoisotopic (exact) mass is 450 g/mol. The second kappa shape index (κ2) is 8.99. The van der Waals surface area contributed by atoms with Crippen LogP contribution in [0.5, 0.6) is 0 Å². The summed E-state index contributed by atoms with van der Waals surface area (Å²) >= 11 is 6.07. The Morgan fingerprint density at radius 1 is 1.09 bits per heavy atom. The molecule has 1 amide bonds. The molecule has 0 fully saturated rings. The summed E-state index contributed by atoms with van der Waals surface area (Å²) in [6.45, 7) is 0.0808. The van der Waals surface area contributed by atoms with Crippen LogP contribution in [0.4, 0.5) is 10.1 Å². The van der Waals surface area contributed by atoms with E-state index in [4.69, 9.17) is 11.6 Å². The van der Waals surface area contributed by atoms with E-state index in [1.807, 2.05) is 30.3 Å². The lowest BCUT2D eigenvalue weighted by Gasteiger charge is -2.07. The Kier molecular flexibility index (Phi) is 5.96. The number of benzene rings is 3. The highest BCUT2D eigenvalue weighted by atomic mass is 35.5. The quantitative estimate of drug-likeness (QED) is 0.324. The fraction of sp³-hybridized carbons (Fsp3) is 0.0435. The third kappa shape index (κ3) is 4.50. The first-order valence-electron chi connectivity index (χ1n) is 9.54. The molecule has 0 aliphatic carbocycles. The number of halogens is 2. The summed E-state index contributed by atoms with van der Waals surface area (Å²) in [5, 5.41) is 18.5. The number of nitrogens with one attached hydrogen (secondary N) is 1. The maximum absolute atomic E-state index is 13.4. The van der Waals surface area contributed by atoms with Crippen molar-refractivity contribution in [3.8, 4) is 16.9 Å². The van der Waals surface area contributed by atoms with E-state index < -0.39 is 10.8 Å². The van der Waals surface area contributed by atoms with Crippen LogP contribution < -0.4 is 5.32 Å². The average molecular weight is 451 g/mol. The highest BCUT2D eigenvalue weighted by Crippen LogP contribution is 2.25. The van der Waals surface area contributed by atoms with Gasteiger partial charge in [-0.25, -0.2) is 9.07 Å². The summed E-state index contributed by atoms with van der Waals surface area (Å²) in [7, 11) is 0. The second-order valence-electron chi connectivity index (χ2n) is 6.89. The second-order valence-corrected chi connectivity index (χ2v) is 7.30. The lowest BCUT2D eigenvalue weighted by molar-refractivity contribution is -0.384. The number of rotatable bonds is 6. The summed E-state index contributed by atoms with van der Waals surface area (Å²) in [6.07, 6.45) is 1.77. The number of hydrogen-bond donors (Lipinski definition) is 1.